The summed E-state index contributed by atoms with van der Waals surface area (Å²) in [5.41, 5.74) is 0.624. The van der Waals surface area contributed by atoms with Crippen molar-refractivity contribution in [1.82, 2.24) is 14.7 Å². The number of β-amino-alcohol motifs (C(OH)–C–C–N with tert-alkyl or cyclic N) is 1. The molecular weight excluding hydrogens is 324 g/mol. The Kier molecular flexibility index (Phi) is 5.56. The first-order chi connectivity index (χ1) is 9.61. The number of hydrogen-bond donors (Lipinski definition) is 2. The molecule has 0 radical (unpaired) electrons. The minimum absolute atomic E-state index is 0.132. The van der Waals surface area contributed by atoms with Gasteiger partial charge in [0, 0.05) is 20.1 Å². The third kappa shape index (κ3) is 3.80. The first kappa shape index (κ1) is 15.5. The molecule has 0 bridgehead atoms. The van der Waals surface area contributed by atoms with E-state index in [1.807, 2.05) is 0 Å². The molecule has 0 aromatic carbocycles. The minimum Gasteiger partial charge on any atom is -0.395 e. The summed E-state index contributed by atoms with van der Waals surface area (Å²) in [6.07, 6.45) is 3.90. The normalized spacial score (nSPS) is 17.4. The Bertz CT molecular complexity index is 498. The third-order valence-corrected chi connectivity index (χ3v) is 4.55. The van der Waals surface area contributed by atoms with E-state index in [1.54, 1.807) is 13.2 Å². The van der Waals surface area contributed by atoms with Crippen LogP contribution in [0.3, 0.4) is 0 Å². The van der Waals surface area contributed by atoms with Crippen molar-refractivity contribution >= 4 is 21.6 Å². The molecule has 1 saturated heterocycles. The molecule has 0 spiro atoms. The van der Waals surface area contributed by atoms with Crippen LogP contribution in [-0.2, 0) is 7.05 Å². The van der Waals surface area contributed by atoms with Crippen LogP contribution >= 0.6 is 15.9 Å². The fourth-order valence-corrected chi connectivity index (χ4v) is 2.94. The Balaban J connectivity index is 1.85. The summed E-state index contributed by atoms with van der Waals surface area (Å²) in [5, 5.41) is 16.2. The maximum absolute atomic E-state index is 11.7. The summed E-state index contributed by atoms with van der Waals surface area (Å²) in [4.78, 5) is 14.0. The van der Waals surface area contributed by atoms with Gasteiger partial charge in [-0.05, 0) is 47.8 Å². The van der Waals surface area contributed by atoms with Crippen molar-refractivity contribution in [2.24, 2.45) is 13.0 Å². The van der Waals surface area contributed by atoms with Crippen LogP contribution < -0.4 is 10.9 Å². The van der Waals surface area contributed by atoms with Crippen molar-refractivity contribution in [1.29, 1.82) is 0 Å². The highest BCUT2D eigenvalue weighted by atomic mass is 79.9. The zero-order chi connectivity index (χ0) is 14.5. The number of likely N-dealkylation sites (tertiary alicyclic amines) is 1. The number of aromatic nitrogens is 2. The third-order valence-electron chi connectivity index (χ3n) is 3.78. The molecule has 2 heterocycles. The lowest BCUT2D eigenvalue weighted by Gasteiger charge is -2.31. The predicted molar refractivity (Wildman–Crippen MR) is 81.9 cm³/mol. The lowest BCUT2D eigenvalue weighted by atomic mass is 9.97. The van der Waals surface area contributed by atoms with Gasteiger partial charge in [0.25, 0.3) is 5.56 Å². The summed E-state index contributed by atoms with van der Waals surface area (Å²) in [6.45, 7) is 3.91. The smallest absolute Gasteiger partial charge is 0.282 e. The molecule has 7 heteroatoms. The van der Waals surface area contributed by atoms with E-state index in [1.165, 1.54) is 4.68 Å². The Morgan fingerprint density at radius 2 is 2.20 bits per heavy atom. The maximum atomic E-state index is 11.7. The van der Waals surface area contributed by atoms with Gasteiger partial charge in [0.05, 0.1) is 18.5 Å². The van der Waals surface area contributed by atoms with E-state index < -0.39 is 0 Å². The first-order valence-corrected chi connectivity index (χ1v) is 7.70. The van der Waals surface area contributed by atoms with Crippen molar-refractivity contribution in [3.63, 3.8) is 0 Å². The van der Waals surface area contributed by atoms with Gasteiger partial charge >= 0.3 is 0 Å². The summed E-state index contributed by atoms with van der Waals surface area (Å²) in [5.74, 6) is 0.598. The summed E-state index contributed by atoms with van der Waals surface area (Å²) >= 11 is 3.31. The first-order valence-electron chi connectivity index (χ1n) is 6.90. The largest absolute Gasteiger partial charge is 0.395 e. The molecule has 1 fully saturated rings. The van der Waals surface area contributed by atoms with Crippen molar-refractivity contribution in [3.05, 3.63) is 21.0 Å². The van der Waals surface area contributed by atoms with E-state index in [0.717, 1.165) is 44.7 Å². The SMILES string of the molecule is Cn1ncc(NCC2CCN(CCO)CC2)c(Br)c1=O. The molecule has 2 N–H and O–H groups in total. The molecule has 1 aromatic rings. The molecule has 2 rings (SSSR count). The number of aliphatic hydroxyl groups is 1. The predicted octanol–water partition coefficient (Wildman–Crippen LogP) is 0.659. The van der Waals surface area contributed by atoms with Gasteiger partial charge in [-0.25, -0.2) is 4.68 Å². The molecule has 1 aromatic heterocycles. The van der Waals surface area contributed by atoms with Gasteiger partial charge < -0.3 is 15.3 Å². The van der Waals surface area contributed by atoms with Crippen LogP contribution in [-0.4, -0.2) is 52.6 Å². The van der Waals surface area contributed by atoms with E-state index in [0.29, 0.717) is 10.4 Å². The van der Waals surface area contributed by atoms with Gasteiger partial charge in [0.15, 0.2) is 0 Å². The van der Waals surface area contributed by atoms with Gasteiger partial charge in [0.2, 0.25) is 0 Å². The van der Waals surface area contributed by atoms with Crippen LogP contribution in [0.2, 0.25) is 0 Å². The molecular formula is C13H21BrN4O2. The Hall–Kier alpha value is -0.920. The Morgan fingerprint density at radius 1 is 1.50 bits per heavy atom. The van der Waals surface area contributed by atoms with E-state index in [2.05, 4.69) is 31.2 Å². The standard InChI is InChI=1S/C13H21BrN4O2/c1-17-13(20)12(14)11(9-16-17)15-8-10-2-4-18(5-3-10)6-7-19/h9-10,15,19H,2-8H2,1H3. The Labute approximate surface area is 126 Å². The Morgan fingerprint density at radius 3 is 2.85 bits per heavy atom. The molecule has 6 nitrogen and oxygen atoms in total. The second-order valence-corrected chi connectivity index (χ2v) is 5.98. The number of piperidine rings is 1. The number of rotatable bonds is 5. The highest BCUT2D eigenvalue weighted by molar-refractivity contribution is 9.10. The molecule has 20 heavy (non-hydrogen) atoms. The number of aryl methyl sites for hydroxylation is 1. The van der Waals surface area contributed by atoms with Gasteiger partial charge in [-0.1, -0.05) is 0 Å². The number of nitrogens with zero attached hydrogens (tertiary/aromatic N) is 3. The lowest BCUT2D eigenvalue weighted by Crippen LogP contribution is -2.37. The molecule has 0 unspecified atom stereocenters. The summed E-state index contributed by atoms with van der Waals surface area (Å²) in [7, 11) is 1.63. The zero-order valence-corrected chi connectivity index (χ0v) is 13.3. The number of aliphatic hydroxyl groups excluding tert-OH is 1. The van der Waals surface area contributed by atoms with E-state index >= 15 is 0 Å². The van der Waals surface area contributed by atoms with Crippen molar-refractivity contribution in [2.45, 2.75) is 12.8 Å². The van der Waals surface area contributed by atoms with Gasteiger partial charge in [-0.15, -0.1) is 0 Å². The highest BCUT2D eigenvalue weighted by Crippen LogP contribution is 2.20. The topological polar surface area (TPSA) is 70.4 Å². The number of hydrogen-bond acceptors (Lipinski definition) is 5. The average Bonchev–Trinajstić information content (AvgIpc) is 2.46. The van der Waals surface area contributed by atoms with Gasteiger partial charge in [-0.3, -0.25) is 4.79 Å². The number of halogens is 1. The maximum Gasteiger partial charge on any atom is 0.282 e. The van der Waals surface area contributed by atoms with Crippen LogP contribution in [0.4, 0.5) is 5.69 Å². The lowest BCUT2D eigenvalue weighted by molar-refractivity contribution is 0.151. The van der Waals surface area contributed by atoms with E-state index in [-0.39, 0.29) is 12.2 Å². The zero-order valence-electron chi connectivity index (χ0n) is 11.7. The molecule has 0 aliphatic carbocycles. The molecule has 112 valence electrons. The second-order valence-electron chi connectivity index (χ2n) is 5.19. The molecule has 0 saturated carbocycles. The number of anilines is 1. The minimum atomic E-state index is -0.132. The molecule has 0 atom stereocenters. The molecule has 0 amide bonds. The fraction of sp³-hybridized carbons (Fsp3) is 0.692. The molecule has 1 aliphatic rings. The van der Waals surface area contributed by atoms with Gasteiger partial charge in [-0.2, -0.15) is 5.10 Å². The second kappa shape index (κ2) is 7.19. The van der Waals surface area contributed by atoms with Crippen LogP contribution in [0.1, 0.15) is 12.8 Å². The van der Waals surface area contributed by atoms with Crippen molar-refractivity contribution < 1.29 is 5.11 Å². The monoisotopic (exact) mass is 344 g/mol. The van der Waals surface area contributed by atoms with Crippen molar-refractivity contribution in [2.75, 3.05) is 38.1 Å². The quantitative estimate of drug-likeness (QED) is 0.821. The van der Waals surface area contributed by atoms with Crippen LogP contribution in [0, 0.1) is 5.92 Å². The van der Waals surface area contributed by atoms with E-state index in [4.69, 9.17) is 5.11 Å². The summed E-state index contributed by atoms with van der Waals surface area (Å²) in [6, 6.07) is 0. The van der Waals surface area contributed by atoms with Crippen LogP contribution in [0.15, 0.2) is 15.5 Å². The molecule has 1 aliphatic heterocycles. The van der Waals surface area contributed by atoms with Gasteiger partial charge in [0.1, 0.15) is 4.47 Å². The highest BCUT2D eigenvalue weighted by Gasteiger charge is 2.19. The average molecular weight is 345 g/mol. The fourth-order valence-electron chi connectivity index (χ4n) is 2.44. The van der Waals surface area contributed by atoms with Crippen LogP contribution in [0.25, 0.3) is 0 Å². The van der Waals surface area contributed by atoms with Crippen LogP contribution in [0.5, 0.6) is 0 Å². The number of nitrogens with one attached hydrogen (secondary N) is 1. The van der Waals surface area contributed by atoms with E-state index in [9.17, 15) is 4.79 Å². The van der Waals surface area contributed by atoms with Crippen molar-refractivity contribution in [3.8, 4) is 0 Å². The summed E-state index contributed by atoms with van der Waals surface area (Å²) < 4.78 is 1.84.